The van der Waals surface area contributed by atoms with Crippen LogP contribution in [0.15, 0.2) is 26.3 Å². The van der Waals surface area contributed by atoms with E-state index >= 15 is 0 Å². The molecule has 0 atom stereocenters. The van der Waals surface area contributed by atoms with E-state index in [9.17, 15) is 13.2 Å². The maximum atomic E-state index is 12.9. The maximum absolute atomic E-state index is 12.9. The van der Waals surface area contributed by atoms with Gasteiger partial charge in [0.15, 0.2) is 0 Å². The molecule has 0 radical (unpaired) electrons. The predicted molar refractivity (Wildman–Crippen MR) is 99.6 cm³/mol. The molecule has 0 aliphatic carbocycles. The fraction of sp³-hybridized carbons (Fsp3) is 0.562. The Labute approximate surface area is 151 Å². The number of benzene rings is 1. The highest BCUT2D eigenvalue weighted by Crippen LogP contribution is 2.28. The van der Waals surface area contributed by atoms with Crippen molar-refractivity contribution in [1.29, 1.82) is 0 Å². The number of rotatable bonds is 5. The molecule has 0 saturated heterocycles. The van der Waals surface area contributed by atoms with Crippen LogP contribution in [0.5, 0.6) is 0 Å². The van der Waals surface area contributed by atoms with Gasteiger partial charge in [0.05, 0.1) is 15.9 Å². The van der Waals surface area contributed by atoms with Gasteiger partial charge in [-0.2, -0.15) is 0 Å². The van der Waals surface area contributed by atoms with Crippen LogP contribution in [0.4, 0.5) is 0 Å². The van der Waals surface area contributed by atoms with E-state index in [1.54, 1.807) is 26.2 Å². The topological polar surface area (TPSA) is 73.1 Å². The molecule has 1 heterocycles. The summed E-state index contributed by atoms with van der Waals surface area (Å²) in [7, 11) is -0.417. The second kappa shape index (κ2) is 6.65. The van der Waals surface area contributed by atoms with E-state index in [2.05, 4.69) is 20.7 Å². The molecule has 8 heteroatoms. The summed E-state index contributed by atoms with van der Waals surface area (Å²) < 4.78 is 32.0. The van der Waals surface area contributed by atoms with Gasteiger partial charge in [-0.25, -0.2) is 17.9 Å². The molecule has 0 amide bonds. The van der Waals surface area contributed by atoms with E-state index in [0.29, 0.717) is 15.5 Å². The first-order valence-electron chi connectivity index (χ1n) is 7.84. The molecule has 0 spiro atoms. The number of aryl methyl sites for hydroxylation is 2. The summed E-state index contributed by atoms with van der Waals surface area (Å²) in [4.78, 5) is 12.2. The summed E-state index contributed by atoms with van der Waals surface area (Å²) in [5.74, 6) is 0.340. The molecule has 6 nitrogen and oxygen atoms in total. The van der Waals surface area contributed by atoms with Gasteiger partial charge < -0.3 is 0 Å². The average Bonchev–Trinajstić information content (AvgIpc) is 2.68. The van der Waals surface area contributed by atoms with Gasteiger partial charge in [0.25, 0.3) is 0 Å². The Kier molecular flexibility index (Phi) is 5.32. The van der Waals surface area contributed by atoms with Crippen LogP contribution in [0.25, 0.3) is 11.0 Å². The highest BCUT2D eigenvalue weighted by molar-refractivity contribution is 9.10. The van der Waals surface area contributed by atoms with Gasteiger partial charge in [0.1, 0.15) is 0 Å². The molecule has 0 fully saturated rings. The Morgan fingerprint density at radius 3 is 1.92 bits per heavy atom. The molecule has 24 heavy (non-hydrogen) atoms. The average molecular weight is 418 g/mol. The molecule has 1 aromatic heterocycles. The van der Waals surface area contributed by atoms with Crippen molar-refractivity contribution < 1.29 is 8.42 Å². The van der Waals surface area contributed by atoms with Crippen molar-refractivity contribution in [2.75, 3.05) is 0 Å². The Hall–Kier alpha value is -1.12. The molecule has 1 N–H and O–H groups in total. The zero-order valence-corrected chi connectivity index (χ0v) is 17.2. The van der Waals surface area contributed by atoms with Crippen molar-refractivity contribution in [2.24, 2.45) is 25.9 Å². The first kappa shape index (κ1) is 19.2. The van der Waals surface area contributed by atoms with E-state index in [1.807, 2.05) is 27.7 Å². The quantitative estimate of drug-likeness (QED) is 0.812. The third kappa shape index (κ3) is 3.32. The lowest BCUT2D eigenvalue weighted by Crippen LogP contribution is -2.42. The smallest absolute Gasteiger partial charge is 0.295 e. The number of nitrogens with zero attached hydrogens (tertiary/aromatic N) is 2. The zero-order chi connectivity index (χ0) is 18.4. The predicted octanol–water partition coefficient (Wildman–Crippen LogP) is 2.60. The first-order valence-corrected chi connectivity index (χ1v) is 10.1. The second-order valence-corrected chi connectivity index (χ2v) is 9.34. The minimum atomic E-state index is -3.71. The first-order chi connectivity index (χ1) is 11.0. The molecule has 2 aromatic rings. The SMILES string of the molecule is CC(C)C(NS(=O)(=O)c1cc2c(cc1Br)n(C)c(=O)n2C)C(C)C. The van der Waals surface area contributed by atoms with Gasteiger partial charge in [-0.3, -0.25) is 9.13 Å². The molecular formula is C16H24BrN3O3S. The number of halogens is 1. The van der Waals surface area contributed by atoms with Crippen molar-refractivity contribution in [2.45, 2.75) is 38.6 Å². The summed E-state index contributed by atoms with van der Waals surface area (Å²) >= 11 is 3.34. The summed E-state index contributed by atoms with van der Waals surface area (Å²) in [6.45, 7) is 7.97. The van der Waals surface area contributed by atoms with Crippen LogP contribution < -0.4 is 10.4 Å². The van der Waals surface area contributed by atoms with E-state index in [0.717, 1.165) is 0 Å². The lowest BCUT2D eigenvalue weighted by atomic mass is 9.94. The minimum absolute atomic E-state index is 0.141. The number of hydrogen-bond donors (Lipinski definition) is 1. The van der Waals surface area contributed by atoms with Crippen molar-refractivity contribution in [3.63, 3.8) is 0 Å². The molecular weight excluding hydrogens is 394 g/mol. The highest BCUT2D eigenvalue weighted by Gasteiger charge is 2.27. The number of sulfonamides is 1. The number of imidazole rings is 1. The van der Waals surface area contributed by atoms with Crippen LogP contribution in [0, 0.1) is 11.8 Å². The number of aromatic nitrogens is 2. The summed E-state index contributed by atoms with van der Waals surface area (Å²) in [5.41, 5.74) is 1.07. The lowest BCUT2D eigenvalue weighted by molar-refractivity contribution is 0.355. The molecule has 0 aliphatic heterocycles. The Morgan fingerprint density at radius 1 is 1.00 bits per heavy atom. The normalized spacial score (nSPS) is 12.9. The van der Waals surface area contributed by atoms with E-state index in [1.165, 1.54) is 9.13 Å². The molecule has 0 unspecified atom stereocenters. The maximum Gasteiger partial charge on any atom is 0.328 e. The van der Waals surface area contributed by atoms with Crippen molar-refractivity contribution in [1.82, 2.24) is 13.9 Å². The van der Waals surface area contributed by atoms with Gasteiger partial charge in [-0.1, -0.05) is 27.7 Å². The minimum Gasteiger partial charge on any atom is -0.295 e. The Bertz CT molecular complexity index is 918. The lowest BCUT2D eigenvalue weighted by Gasteiger charge is -2.26. The van der Waals surface area contributed by atoms with E-state index < -0.39 is 10.0 Å². The monoisotopic (exact) mass is 417 g/mol. The fourth-order valence-electron chi connectivity index (χ4n) is 2.99. The van der Waals surface area contributed by atoms with Crippen LogP contribution in [0.2, 0.25) is 0 Å². The Morgan fingerprint density at radius 2 is 1.46 bits per heavy atom. The number of hydrogen-bond acceptors (Lipinski definition) is 3. The number of fused-ring (bicyclic) bond motifs is 1. The summed E-state index contributed by atoms with van der Waals surface area (Å²) in [6, 6.07) is 3.04. The van der Waals surface area contributed by atoms with Crippen molar-refractivity contribution in [3.05, 3.63) is 27.1 Å². The van der Waals surface area contributed by atoms with Crippen LogP contribution in [-0.2, 0) is 24.1 Å². The van der Waals surface area contributed by atoms with Crippen LogP contribution in [0.3, 0.4) is 0 Å². The molecule has 0 aliphatic rings. The summed E-state index contributed by atoms with van der Waals surface area (Å²) in [6.07, 6.45) is 0. The molecule has 0 saturated carbocycles. The van der Waals surface area contributed by atoms with Gasteiger partial charge in [0.2, 0.25) is 10.0 Å². The third-order valence-corrected chi connectivity index (χ3v) is 6.76. The van der Waals surface area contributed by atoms with Gasteiger partial charge in [0, 0.05) is 24.6 Å². The second-order valence-electron chi connectivity index (χ2n) is 6.81. The molecule has 134 valence electrons. The third-order valence-electron chi connectivity index (χ3n) is 4.34. The van der Waals surface area contributed by atoms with E-state index in [-0.39, 0.29) is 28.5 Å². The van der Waals surface area contributed by atoms with Gasteiger partial charge in [-0.05, 0) is 39.9 Å². The molecule has 2 rings (SSSR count). The van der Waals surface area contributed by atoms with E-state index in [4.69, 9.17) is 0 Å². The molecule has 1 aromatic carbocycles. The van der Waals surface area contributed by atoms with Crippen LogP contribution in [0.1, 0.15) is 27.7 Å². The number of nitrogens with one attached hydrogen (secondary N) is 1. The largest absolute Gasteiger partial charge is 0.328 e. The van der Waals surface area contributed by atoms with Gasteiger partial charge >= 0.3 is 5.69 Å². The van der Waals surface area contributed by atoms with Crippen LogP contribution in [-0.4, -0.2) is 23.6 Å². The van der Waals surface area contributed by atoms with Crippen molar-refractivity contribution >= 4 is 37.0 Å². The fourth-order valence-corrected chi connectivity index (χ4v) is 5.57. The van der Waals surface area contributed by atoms with Crippen LogP contribution >= 0.6 is 15.9 Å². The zero-order valence-electron chi connectivity index (χ0n) is 14.8. The standard InChI is InChI=1S/C16H24BrN3O3S/c1-9(2)15(10(3)4)18-24(22,23)14-8-13-12(7-11(14)17)19(5)16(21)20(13)6/h7-10,15,18H,1-6H3. The van der Waals surface area contributed by atoms with Crippen molar-refractivity contribution in [3.8, 4) is 0 Å². The van der Waals surface area contributed by atoms with Gasteiger partial charge in [-0.15, -0.1) is 0 Å². The Balaban J connectivity index is 2.61. The highest BCUT2D eigenvalue weighted by atomic mass is 79.9. The summed E-state index contributed by atoms with van der Waals surface area (Å²) in [5, 5.41) is 0. The molecule has 0 bridgehead atoms.